The number of benzene rings is 2. The Morgan fingerprint density at radius 1 is 0.964 bits per heavy atom. The predicted octanol–water partition coefficient (Wildman–Crippen LogP) is 2.72. The molecule has 0 aliphatic rings. The van der Waals surface area contributed by atoms with Crippen molar-refractivity contribution >= 4 is 29.3 Å². The van der Waals surface area contributed by atoms with E-state index in [0.29, 0.717) is 11.4 Å². The molecule has 0 aliphatic heterocycles. The van der Waals surface area contributed by atoms with Gasteiger partial charge in [0.05, 0.1) is 6.54 Å². The molecule has 0 radical (unpaired) electrons. The van der Waals surface area contributed by atoms with Gasteiger partial charge in [-0.15, -0.1) is 10.2 Å². The van der Waals surface area contributed by atoms with Gasteiger partial charge >= 0.3 is 0 Å². The lowest BCUT2D eigenvalue weighted by molar-refractivity contribution is -0.123. The first-order valence-electron chi connectivity index (χ1n) is 8.82. The van der Waals surface area contributed by atoms with Crippen molar-refractivity contribution in [3.05, 3.63) is 60.7 Å². The fourth-order valence-electron chi connectivity index (χ4n) is 2.51. The summed E-state index contributed by atoms with van der Waals surface area (Å²) in [6.45, 7) is -0.0550. The van der Waals surface area contributed by atoms with E-state index >= 15 is 0 Å². The van der Waals surface area contributed by atoms with E-state index in [1.165, 1.54) is 11.8 Å². The molecule has 2 aromatic carbocycles. The Balaban J connectivity index is 1.41. The summed E-state index contributed by atoms with van der Waals surface area (Å²) in [7, 11) is 1.90. The van der Waals surface area contributed by atoms with E-state index in [9.17, 15) is 9.59 Å². The van der Waals surface area contributed by atoms with Gasteiger partial charge in [-0.25, -0.2) is 0 Å². The third kappa shape index (κ3) is 5.43. The minimum atomic E-state index is -0.256. The van der Waals surface area contributed by atoms with E-state index in [-0.39, 0.29) is 24.8 Å². The van der Waals surface area contributed by atoms with E-state index in [0.717, 1.165) is 16.5 Å². The number of nitrogens with one attached hydrogen (secondary N) is 2. The third-order valence-electron chi connectivity index (χ3n) is 3.93. The van der Waals surface area contributed by atoms with Crippen molar-refractivity contribution in [1.29, 1.82) is 0 Å². The van der Waals surface area contributed by atoms with Crippen LogP contribution in [0.1, 0.15) is 6.42 Å². The molecule has 2 N–H and O–H groups in total. The third-order valence-corrected chi connectivity index (χ3v) is 4.95. The number of aromatic nitrogens is 3. The Labute approximate surface area is 167 Å². The average molecular weight is 395 g/mol. The summed E-state index contributed by atoms with van der Waals surface area (Å²) >= 11 is 1.46. The Bertz CT molecular complexity index is 928. The average Bonchev–Trinajstić information content (AvgIpc) is 3.08. The Hall–Kier alpha value is -3.13. The van der Waals surface area contributed by atoms with Crippen LogP contribution in [0, 0.1) is 0 Å². The Kier molecular flexibility index (Phi) is 6.80. The van der Waals surface area contributed by atoms with Crippen LogP contribution >= 0.6 is 11.8 Å². The predicted molar refractivity (Wildman–Crippen MR) is 110 cm³/mol. The van der Waals surface area contributed by atoms with Crippen LogP contribution in [0.15, 0.2) is 65.8 Å². The first-order chi connectivity index (χ1) is 13.6. The standard InChI is InChI=1S/C20H21N5O2S/c1-25-19(15-8-4-2-5-9-15)23-24-20(25)28-13-12-17(26)21-14-18(27)22-16-10-6-3-7-11-16/h2-11H,12-14H2,1H3,(H,21,26)(H,22,27). The zero-order valence-electron chi connectivity index (χ0n) is 15.5. The zero-order chi connectivity index (χ0) is 19.8. The molecule has 0 spiro atoms. The van der Waals surface area contributed by atoms with Crippen molar-refractivity contribution in [2.75, 3.05) is 17.6 Å². The lowest BCUT2D eigenvalue weighted by Gasteiger charge is -2.07. The van der Waals surface area contributed by atoms with E-state index in [4.69, 9.17) is 0 Å². The van der Waals surface area contributed by atoms with Gasteiger partial charge in [-0.2, -0.15) is 0 Å². The molecule has 28 heavy (non-hydrogen) atoms. The van der Waals surface area contributed by atoms with Crippen molar-refractivity contribution in [3.8, 4) is 11.4 Å². The molecule has 0 saturated heterocycles. The SMILES string of the molecule is Cn1c(SCCC(=O)NCC(=O)Nc2ccccc2)nnc1-c1ccccc1. The van der Waals surface area contributed by atoms with Gasteiger partial charge < -0.3 is 15.2 Å². The molecule has 7 nitrogen and oxygen atoms in total. The van der Waals surface area contributed by atoms with Crippen molar-refractivity contribution in [3.63, 3.8) is 0 Å². The van der Waals surface area contributed by atoms with Gasteiger partial charge in [0.15, 0.2) is 11.0 Å². The minimum absolute atomic E-state index is 0.0550. The van der Waals surface area contributed by atoms with Crippen LogP contribution in [0.5, 0.6) is 0 Å². The molecule has 2 amide bonds. The maximum atomic E-state index is 12.0. The summed E-state index contributed by atoms with van der Waals surface area (Å²) in [4.78, 5) is 23.8. The van der Waals surface area contributed by atoms with Crippen LogP contribution in [-0.4, -0.2) is 38.9 Å². The first-order valence-corrected chi connectivity index (χ1v) is 9.81. The summed E-state index contributed by atoms with van der Waals surface area (Å²) in [5.41, 5.74) is 1.69. The van der Waals surface area contributed by atoms with Gasteiger partial charge in [0.25, 0.3) is 0 Å². The number of amides is 2. The van der Waals surface area contributed by atoms with Crippen LogP contribution in [-0.2, 0) is 16.6 Å². The summed E-state index contributed by atoms with van der Waals surface area (Å²) in [6, 6.07) is 18.9. The highest BCUT2D eigenvalue weighted by Gasteiger charge is 2.12. The molecule has 0 unspecified atom stereocenters. The molecule has 144 valence electrons. The molecular formula is C20H21N5O2S. The molecule has 0 bridgehead atoms. The highest BCUT2D eigenvalue weighted by molar-refractivity contribution is 7.99. The Morgan fingerprint density at radius 3 is 2.36 bits per heavy atom. The van der Waals surface area contributed by atoms with Gasteiger partial charge in [0.2, 0.25) is 11.8 Å². The normalized spacial score (nSPS) is 10.5. The number of hydrogen-bond donors (Lipinski definition) is 2. The van der Waals surface area contributed by atoms with Crippen LogP contribution in [0.25, 0.3) is 11.4 Å². The Morgan fingerprint density at radius 2 is 1.64 bits per heavy atom. The van der Waals surface area contributed by atoms with Crippen molar-refractivity contribution < 1.29 is 9.59 Å². The van der Waals surface area contributed by atoms with E-state index in [1.807, 2.05) is 60.1 Å². The molecule has 0 atom stereocenters. The lowest BCUT2D eigenvalue weighted by Crippen LogP contribution is -2.33. The molecule has 3 aromatic rings. The van der Waals surface area contributed by atoms with Gasteiger partial charge in [-0.05, 0) is 12.1 Å². The second-order valence-corrected chi connectivity index (χ2v) is 7.08. The molecular weight excluding hydrogens is 374 g/mol. The van der Waals surface area contributed by atoms with Gasteiger partial charge in [0, 0.05) is 30.5 Å². The van der Waals surface area contributed by atoms with Crippen LogP contribution in [0.2, 0.25) is 0 Å². The quantitative estimate of drug-likeness (QED) is 0.573. The van der Waals surface area contributed by atoms with Crippen molar-refractivity contribution in [1.82, 2.24) is 20.1 Å². The maximum absolute atomic E-state index is 12.0. The fraction of sp³-hybridized carbons (Fsp3) is 0.200. The number of carbonyl (C=O) groups excluding carboxylic acids is 2. The van der Waals surface area contributed by atoms with E-state index in [2.05, 4.69) is 20.8 Å². The largest absolute Gasteiger partial charge is 0.347 e. The van der Waals surface area contributed by atoms with Gasteiger partial charge in [-0.1, -0.05) is 60.3 Å². The molecule has 0 fully saturated rings. The second kappa shape index (κ2) is 9.70. The fourth-order valence-corrected chi connectivity index (χ4v) is 3.36. The molecule has 0 saturated carbocycles. The summed E-state index contributed by atoms with van der Waals surface area (Å²) < 4.78 is 1.91. The minimum Gasteiger partial charge on any atom is -0.347 e. The maximum Gasteiger partial charge on any atom is 0.243 e. The smallest absolute Gasteiger partial charge is 0.243 e. The van der Waals surface area contributed by atoms with Crippen molar-refractivity contribution in [2.24, 2.45) is 7.05 Å². The van der Waals surface area contributed by atoms with Gasteiger partial charge in [0.1, 0.15) is 0 Å². The number of para-hydroxylation sites is 1. The van der Waals surface area contributed by atoms with E-state index < -0.39 is 0 Å². The van der Waals surface area contributed by atoms with Crippen molar-refractivity contribution in [2.45, 2.75) is 11.6 Å². The molecule has 8 heteroatoms. The number of rotatable bonds is 8. The van der Waals surface area contributed by atoms with E-state index in [1.54, 1.807) is 12.1 Å². The number of thioether (sulfide) groups is 1. The second-order valence-electron chi connectivity index (χ2n) is 6.02. The highest BCUT2D eigenvalue weighted by Crippen LogP contribution is 2.22. The number of carbonyl (C=O) groups is 2. The monoisotopic (exact) mass is 395 g/mol. The molecule has 1 aromatic heterocycles. The summed E-state index contributed by atoms with van der Waals surface area (Å²) in [5, 5.41) is 14.5. The summed E-state index contributed by atoms with van der Waals surface area (Å²) in [5.74, 6) is 0.895. The van der Waals surface area contributed by atoms with Gasteiger partial charge in [-0.3, -0.25) is 9.59 Å². The zero-order valence-corrected chi connectivity index (χ0v) is 16.3. The first kappa shape index (κ1) is 19.6. The van der Waals surface area contributed by atoms with Crippen LogP contribution < -0.4 is 10.6 Å². The van der Waals surface area contributed by atoms with Crippen LogP contribution in [0.3, 0.4) is 0 Å². The molecule has 3 rings (SSSR count). The topological polar surface area (TPSA) is 88.9 Å². The highest BCUT2D eigenvalue weighted by atomic mass is 32.2. The number of hydrogen-bond acceptors (Lipinski definition) is 5. The lowest BCUT2D eigenvalue weighted by atomic mass is 10.2. The number of nitrogens with zero attached hydrogens (tertiary/aromatic N) is 3. The van der Waals surface area contributed by atoms with Crippen LogP contribution in [0.4, 0.5) is 5.69 Å². The summed E-state index contributed by atoms with van der Waals surface area (Å²) in [6.07, 6.45) is 0.289. The molecule has 1 heterocycles. The molecule has 0 aliphatic carbocycles. The number of anilines is 1.